The van der Waals surface area contributed by atoms with Crippen LogP contribution >= 0.6 is 0 Å². The number of hydrogen-bond donors (Lipinski definition) is 2. The largest absolute Gasteiger partial charge is 0.323 e. The number of para-hydroxylation sites is 4. The highest BCUT2D eigenvalue weighted by atomic mass is 16.2. The van der Waals surface area contributed by atoms with Gasteiger partial charge >= 0.3 is 6.03 Å². The van der Waals surface area contributed by atoms with Gasteiger partial charge in [0.2, 0.25) is 0 Å². The molecule has 0 spiro atoms. The standard InChI is InChI=1S/C25H28N6O/c1-3-30(28-17-9-10-18-28)23-15-7-5-13-21(23)26-25(32)27-22-14-6-8-16-24(22)31(4-2)29-19-11-12-20-29/h5-20H,3-4H2,1-2H3,(H2,26,27,32). The average Bonchev–Trinajstić information content (AvgIpc) is 3.52. The summed E-state index contributed by atoms with van der Waals surface area (Å²) in [6.07, 6.45) is 7.93. The first-order valence-corrected chi connectivity index (χ1v) is 10.8. The van der Waals surface area contributed by atoms with Gasteiger partial charge in [0.25, 0.3) is 0 Å². The topological polar surface area (TPSA) is 57.5 Å². The number of carbonyl (C=O) groups is 1. The van der Waals surface area contributed by atoms with Crippen LogP contribution in [-0.4, -0.2) is 28.5 Å². The zero-order chi connectivity index (χ0) is 22.3. The van der Waals surface area contributed by atoms with E-state index in [-0.39, 0.29) is 6.03 Å². The van der Waals surface area contributed by atoms with Crippen LogP contribution in [0.4, 0.5) is 27.5 Å². The highest BCUT2D eigenvalue weighted by Gasteiger charge is 2.15. The van der Waals surface area contributed by atoms with Crippen molar-refractivity contribution >= 4 is 28.8 Å². The van der Waals surface area contributed by atoms with E-state index >= 15 is 0 Å². The Kier molecular flexibility index (Phi) is 6.46. The van der Waals surface area contributed by atoms with Gasteiger partial charge in [-0.05, 0) is 62.4 Å². The fraction of sp³-hybridized carbons (Fsp3) is 0.160. The van der Waals surface area contributed by atoms with Crippen molar-refractivity contribution in [3.8, 4) is 0 Å². The summed E-state index contributed by atoms with van der Waals surface area (Å²) < 4.78 is 4.01. The third kappa shape index (κ3) is 4.46. The van der Waals surface area contributed by atoms with Crippen molar-refractivity contribution in [2.24, 2.45) is 0 Å². The van der Waals surface area contributed by atoms with Crippen LogP contribution < -0.4 is 20.7 Å². The maximum absolute atomic E-state index is 13.0. The van der Waals surface area contributed by atoms with E-state index in [1.54, 1.807) is 0 Å². The van der Waals surface area contributed by atoms with E-state index in [9.17, 15) is 4.79 Å². The van der Waals surface area contributed by atoms with Crippen molar-refractivity contribution in [2.75, 3.05) is 33.7 Å². The first kappa shape index (κ1) is 21.1. The van der Waals surface area contributed by atoms with Crippen LogP contribution in [0.1, 0.15) is 13.8 Å². The molecule has 7 heteroatoms. The zero-order valence-electron chi connectivity index (χ0n) is 18.3. The van der Waals surface area contributed by atoms with Crippen LogP contribution in [0.25, 0.3) is 0 Å². The Morgan fingerprint density at radius 1 is 0.656 bits per heavy atom. The molecule has 0 saturated heterocycles. The minimum absolute atomic E-state index is 0.294. The van der Waals surface area contributed by atoms with E-state index in [0.717, 1.165) is 35.8 Å². The van der Waals surface area contributed by atoms with Crippen molar-refractivity contribution in [2.45, 2.75) is 13.8 Å². The minimum Gasteiger partial charge on any atom is -0.306 e. The van der Waals surface area contributed by atoms with Gasteiger partial charge in [0, 0.05) is 37.9 Å². The first-order chi connectivity index (χ1) is 15.7. The molecule has 32 heavy (non-hydrogen) atoms. The van der Waals surface area contributed by atoms with Crippen LogP contribution in [-0.2, 0) is 0 Å². The summed E-state index contributed by atoms with van der Waals surface area (Å²) >= 11 is 0. The second kappa shape index (κ2) is 9.78. The molecule has 0 atom stereocenters. The Labute approximate surface area is 188 Å². The minimum atomic E-state index is -0.294. The molecule has 0 radical (unpaired) electrons. The van der Waals surface area contributed by atoms with Crippen LogP contribution in [0.2, 0.25) is 0 Å². The molecule has 4 aromatic rings. The summed E-state index contributed by atoms with van der Waals surface area (Å²) in [5.74, 6) is 0. The Balaban J connectivity index is 1.56. The molecule has 0 aliphatic heterocycles. The molecule has 7 nitrogen and oxygen atoms in total. The van der Waals surface area contributed by atoms with E-state index in [1.165, 1.54) is 0 Å². The number of benzene rings is 2. The lowest BCUT2D eigenvalue weighted by atomic mass is 10.2. The maximum atomic E-state index is 13.0. The summed E-state index contributed by atoms with van der Waals surface area (Å²) in [6.45, 7) is 5.65. The van der Waals surface area contributed by atoms with Crippen molar-refractivity contribution in [3.63, 3.8) is 0 Å². The van der Waals surface area contributed by atoms with E-state index in [2.05, 4.69) is 34.5 Å². The molecule has 0 aliphatic carbocycles. The number of nitrogens with one attached hydrogen (secondary N) is 2. The highest BCUT2D eigenvalue weighted by molar-refractivity contribution is 6.03. The van der Waals surface area contributed by atoms with Gasteiger partial charge in [0.05, 0.1) is 22.7 Å². The third-order valence-electron chi connectivity index (χ3n) is 5.19. The normalized spacial score (nSPS) is 10.6. The molecule has 2 aromatic heterocycles. The average molecular weight is 429 g/mol. The van der Waals surface area contributed by atoms with E-state index in [4.69, 9.17) is 0 Å². The van der Waals surface area contributed by atoms with Crippen molar-refractivity contribution in [1.82, 2.24) is 9.35 Å². The lowest BCUT2D eigenvalue weighted by Crippen LogP contribution is -2.31. The van der Waals surface area contributed by atoms with Crippen LogP contribution in [0, 0.1) is 0 Å². The first-order valence-electron chi connectivity index (χ1n) is 10.8. The van der Waals surface area contributed by atoms with Gasteiger partial charge in [-0.3, -0.25) is 19.4 Å². The molecule has 0 saturated carbocycles. The summed E-state index contributed by atoms with van der Waals surface area (Å²) in [4.78, 5) is 13.0. The second-order valence-electron chi connectivity index (χ2n) is 7.17. The number of nitrogens with zero attached hydrogens (tertiary/aromatic N) is 4. The van der Waals surface area contributed by atoms with Crippen molar-refractivity contribution in [1.29, 1.82) is 0 Å². The summed E-state index contributed by atoms with van der Waals surface area (Å²) in [6, 6.07) is 23.2. The summed E-state index contributed by atoms with van der Waals surface area (Å²) in [5.41, 5.74) is 3.29. The van der Waals surface area contributed by atoms with Gasteiger partial charge in [0.15, 0.2) is 0 Å². The van der Waals surface area contributed by atoms with Crippen LogP contribution in [0.5, 0.6) is 0 Å². The molecule has 2 N–H and O–H groups in total. The van der Waals surface area contributed by atoms with Crippen molar-refractivity contribution in [3.05, 3.63) is 97.6 Å². The predicted molar refractivity (Wildman–Crippen MR) is 131 cm³/mol. The molecule has 0 bridgehead atoms. The molecule has 0 aliphatic rings. The van der Waals surface area contributed by atoms with Gasteiger partial charge in [-0.1, -0.05) is 24.3 Å². The monoisotopic (exact) mass is 428 g/mol. The van der Waals surface area contributed by atoms with Crippen molar-refractivity contribution < 1.29 is 4.79 Å². The lowest BCUT2D eigenvalue weighted by Gasteiger charge is -2.28. The fourth-order valence-corrected chi connectivity index (χ4v) is 3.77. The van der Waals surface area contributed by atoms with E-state index < -0.39 is 0 Å². The number of amides is 2. The summed E-state index contributed by atoms with van der Waals surface area (Å²) in [7, 11) is 0. The van der Waals surface area contributed by atoms with E-state index in [1.807, 2.05) is 107 Å². The SMILES string of the molecule is CCN(c1ccccc1NC(=O)Nc1ccccc1N(CC)n1cccc1)n1cccc1. The highest BCUT2D eigenvalue weighted by Crippen LogP contribution is 2.29. The molecular weight excluding hydrogens is 400 g/mol. The Hall–Kier alpha value is -4.13. The molecule has 2 aromatic carbocycles. The van der Waals surface area contributed by atoms with Gasteiger partial charge in [-0.25, -0.2) is 4.79 Å². The predicted octanol–water partition coefficient (Wildman–Crippen LogP) is 5.51. The summed E-state index contributed by atoms with van der Waals surface area (Å²) in [5, 5.41) is 10.2. The number of hydrogen-bond acceptors (Lipinski definition) is 3. The Morgan fingerprint density at radius 2 is 1.03 bits per heavy atom. The molecule has 164 valence electrons. The van der Waals surface area contributed by atoms with Gasteiger partial charge < -0.3 is 10.6 Å². The number of anilines is 4. The number of carbonyl (C=O) groups excluding carboxylic acids is 1. The molecule has 2 heterocycles. The number of aromatic nitrogens is 2. The number of urea groups is 1. The lowest BCUT2D eigenvalue weighted by molar-refractivity contribution is 0.262. The molecule has 2 amide bonds. The number of rotatable bonds is 8. The molecule has 0 fully saturated rings. The maximum Gasteiger partial charge on any atom is 0.323 e. The Morgan fingerprint density at radius 3 is 1.41 bits per heavy atom. The second-order valence-corrected chi connectivity index (χ2v) is 7.17. The smallest absolute Gasteiger partial charge is 0.306 e. The fourth-order valence-electron chi connectivity index (χ4n) is 3.77. The van der Waals surface area contributed by atoms with Gasteiger partial charge in [-0.15, -0.1) is 0 Å². The van der Waals surface area contributed by atoms with Crippen LogP contribution in [0.3, 0.4) is 0 Å². The molecule has 4 rings (SSSR count). The zero-order valence-corrected chi connectivity index (χ0v) is 18.3. The van der Waals surface area contributed by atoms with Gasteiger partial charge in [-0.2, -0.15) is 0 Å². The third-order valence-corrected chi connectivity index (χ3v) is 5.19. The quantitative estimate of drug-likeness (QED) is 0.389. The van der Waals surface area contributed by atoms with E-state index in [0.29, 0.717) is 0 Å². The van der Waals surface area contributed by atoms with Gasteiger partial charge in [0.1, 0.15) is 0 Å². The molecule has 0 unspecified atom stereocenters. The molecular formula is C25H28N6O. The Bertz CT molecular complexity index is 1050. The van der Waals surface area contributed by atoms with Crippen LogP contribution in [0.15, 0.2) is 97.6 Å².